The van der Waals surface area contributed by atoms with E-state index in [9.17, 15) is 0 Å². The topological polar surface area (TPSA) is 59.2 Å². The van der Waals surface area contributed by atoms with Gasteiger partial charge in [0.1, 0.15) is 11.2 Å². The van der Waals surface area contributed by atoms with Crippen LogP contribution in [0.3, 0.4) is 0 Å². The first-order valence-electron chi connectivity index (χ1n) is 14.3. The van der Waals surface area contributed by atoms with Crippen LogP contribution >= 0.6 is 11.8 Å². The molecule has 4 aliphatic rings. The van der Waals surface area contributed by atoms with Crippen molar-refractivity contribution in [3.8, 4) is 22.4 Å². The molecule has 0 amide bonds. The summed E-state index contributed by atoms with van der Waals surface area (Å²) in [6.45, 7) is 9.63. The van der Waals surface area contributed by atoms with Crippen LogP contribution in [0.5, 0.6) is 0 Å². The summed E-state index contributed by atoms with van der Waals surface area (Å²) in [6.07, 6.45) is 9.57. The fourth-order valence-corrected chi connectivity index (χ4v) is 8.04. The first-order valence-corrected chi connectivity index (χ1v) is 15.3. The highest BCUT2D eigenvalue weighted by molar-refractivity contribution is 7.99. The molecule has 1 unspecified atom stereocenters. The van der Waals surface area contributed by atoms with Gasteiger partial charge in [0, 0.05) is 12.3 Å². The van der Waals surface area contributed by atoms with Crippen LogP contribution in [-0.4, -0.2) is 40.6 Å². The quantitative estimate of drug-likeness (QED) is 0.400. The Bertz CT molecular complexity index is 1340. The van der Waals surface area contributed by atoms with Crippen LogP contribution < -0.4 is 10.8 Å². The van der Waals surface area contributed by atoms with Gasteiger partial charge in [-0.05, 0) is 92.1 Å². The van der Waals surface area contributed by atoms with Crippen molar-refractivity contribution in [2.45, 2.75) is 88.2 Å². The summed E-state index contributed by atoms with van der Waals surface area (Å²) in [7, 11) is -0.302. The third kappa shape index (κ3) is 3.92. The van der Waals surface area contributed by atoms with Crippen molar-refractivity contribution in [1.82, 2.24) is 15.3 Å². The average molecular weight is 528 g/mol. The summed E-state index contributed by atoms with van der Waals surface area (Å²) in [5.74, 6) is 2.15. The van der Waals surface area contributed by atoms with E-state index in [0.29, 0.717) is 5.41 Å². The van der Waals surface area contributed by atoms with Crippen molar-refractivity contribution in [3.63, 3.8) is 0 Å². The first-order chi connectivity index (χ1) is 18.3. The predicted octanol–water partition coefficient (Wildman–Crippen LogP) is 6.14. The highest BCUT2D eigenvalue weighted by Gasteiger charge is 2.53. The van der Waals surface area contributed by atoms with Crippen molar-refractivity contribution in [1.29, 1.82) is 0 Å². The summed E-state index contributed by atoms with van der Waals surface area (Å²) in [5, 5.41) is 3.77. The number of aromatic amines is 1. The number of rotatable bonds is 4. The lowest BCUT2D eigenvalue weighted by atomic mass is 9.70. The number of nitrogens with zero attached hydrogens (tertiary/aromatic N) is 1. The molecule has 0 bridgehead atoms. The second-order valence-electron chi connectivity index (χ2n) is 12.6. The van der Waals surface area contributed by atoms with Gasteiger partial charge in [0.15, 0.2) is 0 Å². The Hall–Kier alpha value is -2.06. The number of hydrogen-bond donors (Lipinski definition) is 2. The Morgan fingerprint density at radius 3 is 2.32 bits per heavy atom. The lowest BCUT2D eigenvalue weighted by molar-refractivity contribution is 0.00578. The van der Waals surface area contributed by atoms with Gasteiger partial charge in [-0.2, -0.15) is 0 Å². The van der Waals surface area contributed by atoms with E-state index in [0.717, 1.165) is 30.2 Å². The van der Waals surface area contributed by atoms with Gasteiger partial charge in [-0.3, -0.25) is 5.32 Å². The molecule has 3 aromatic rings. The third-order valence-corrected chi connectivity index (χ3v) is 11.0. The summed E-state index contributed by atoms with van der Waals surface area (Å²) < 4.78 is 13.1. The third-order valence-electron chi connectivity index (χ3n) is 9.87. The monoisotopic (exact) mass is 527 g/mol. The van der Waals surface area contributed by atoms with Crippen molar-refractivity contribution in [2.24, 2.45) is 0 Å². The largest absolute Gasteiger partial charge is 0.495 e. The lowest BCUT2D eigenvalue weighted by Crippen LogP contribution is -2.41. The molecule has 1 spiro atoms. The number of thioether (sulfide) groups is 1. The van der Waals surface area contributed by atoms with Gasteiger partial charge < -0.3 is 14.3 Å². The molecule has 0 radical (unpaired) electrons. The van der Waals surface area contributed by atoms with Gasteiger partial charge in [0.05, 0.1) is 23.1 Å². The summed E-state index contributed by atoms with van der Waals surface area (Å²) >= 11 is 1.91. The average Bonchev–Trinajstić information content (AvgIpc) is 3.72. The molecule has 5 nitrogen and oxygen atoms in total. The molecule has 7 rings (SSSR count). The molecule has 2 saturated heterocycles. The van der Waals surface area contributed by atoms with E-state index in [-0.39, 0.29) is 23.7 Å². The second kappa shape index (κ2) is 8.98. The highest BCUT2D eigenvalue weighted by Crippen LogP contribution is 2.53. The fourth-order valence-electron chi connectivity index (χ4n) is 7.06. The zero-order valence-electron chi connectivity index (χ0n) is 23.0. The van der Waals surface area contributed by atoms with Gasteiger partial charge in [0.2, 0.25) is 0 Å². The first kappa shape index (κ1) is 24.9. The molecule has 2 aromatic carbocycles. The molecule has 2 aliphatic heterocycles. The maximum absolute atomic E-state index is 6.54. The standard InChI is InChI=1S/C31H38BN3O2S/c1-29(2)30(3,4)37-32(36-29)24-12-11-22(26-23(24)13-16-31(26)14-5-6-15-31)20-7-9-21(10-8-20)25-19-34-27(35-25)28-33-17-18-38-28/h7-12,19,28,33H,5-6,13-18H2,1-4H3,(H,34,35). The number of H-pyrrole nitrogens is 1. The second-order valence-corrected chi connectivity index (χ2v) is 13.8. The molecule has 2 aliphatic carbocycles. The van der Waals surface area contributed by atoms with E-state index < -0.39 is 0 Å². The number of imidazole rings is 1. The summed E-state index contributed by atoms with van der Waals surface area (Å²) in [5.41, 5.74) is 8.87. The zero-order valence-corrected chi connectivity index (χ0v) is 23.8. The van der Waals surface area contributed by atoms with Crippen LogP contribution in [0.15, 0.2) is 42.6 Å². The van der Waals surface area contributed by atoms with Crippen LogP contribution in [0.25, 0.3) is 22.4 Å². The Balaban J connectivity index is 1.25. The molecule has 1 saturated carbocycles. The van der Waals surface area contributed by atoms with Crippen molar-refractivity contribution in [3.05, 3.63) is 59.5 Å². The van der Waals surface area contributed by atoms with Crippen LogP contribution in [-0.2, 0) is 21.1 Å². The normalized spacial score (nSPS) is 24.9. The maximum atomic E-state index is 6.54. The van der Waals surface area contributed by atoms with Crippen molar-refractivity contribution < 1.29 is 9.31 Å². The molecule has 3 heterocycles. The van der Waals surface area contributed by atoms with Gasteiger partial charge in [-0.25, -0.2) is 4.98 Å². The van der Waals surface area contributed by atoms with Crippen LogP contribution in [0.2, 0.25) is 0 Å². The van der Waals surface area contributed by atoms with E-state index in [1.165, 1.54) is 59.8 Å². The Morgan fingerprint density at radius 2 is 1.63 bits per heavy atom. The van der Waals surface area contributed by atoms with Crippen LogP contribution in [0.1, 0.15) is 82.1 Å². The van der Waals surface area contributed by atoms with Gasteiger partial charge in [0.25, 0.3) is 0 Å². The smallest absolute Gasteiger partial charge is 0.399 e. The van der Waals surface area contributed by atoms with E-state index >= 15 is 0 Å². The van der Waals surface area contributed by atoms with Gasteiger partial charge >= 0.3 is 7.12 Å². The zero-order chi connectivity index (χ0) is 26.1. The fraction of sp³-hybridized carbons (Fsp3) is 0.516. The number of hydrogen-bond acceptors (Lipinski definition) is 5. The van der Waals surface area contributed by atoms with E-state index in [2.05, 4.69) is 79.4 Å². The SMILES string of the molecule is CC1(C)OB(c2ccc(-c3ccc(-c4cnc(C5NCCS5)[nH]4)cc3)c3c2CCC32CCCC2)OC1(C)C. The van der Waals surface area contributed by atoms with Gasteiger partial charge in [-0.1, -0.05) is 49.2 Å². The van der Waals surface area contributed by atoms with E-state index in [1.54, 1.807) is 5.56 Å². The van der Waals surface area contributed by atoms with Gasteiger partial charge in [-0.15, -0.1) is 11.8 Å². The molecule has 38 heavy (non-hydrogen) atoms. The lowest BCUT2D eigenvalue weighted by Gasteiger charge is -2.32. The number of fused-ring (bicyclic) bond motifs is 2. The van der Waals surface area contributed by atoms with Crippen molar-refractivity contribution in [2.75, 3.05) is 12.3 Å². The van der Waals surface area contributed by atoms with E-state index in [4.69, 9.17) is 9.31 Å². The number of benzene rings is 2. The van der Waals surface area contributed by atoms with Crippen LogP contribution in [0.4, 0.5) is 0 Å². The Morgan fingerprint density at radius 1 is 0.921 bits per heavy atom. The maximum Gasteiger partial charge on any atom is 0.495 e. The number of aromatic nitrogens is 2. The van der Waals surface area contributed by atoms with E-state index in [1.807, 2.05) is 18.0 Å². The molecule has 1 atom stereocenters. The molecular weight excluding hydrogens is 489 g/mol. The molecule has 7 heteroatoms. The minimum atomic E-state index is -0.332. The molecular formula is C31H38BN3O2S. The molecule has 1 aromatic heterocycles. The number of nitrogens with one attached hydrogen (secondary N) is 2. The van der Waals surface area contributed by atoms with Crippen LogP contribution in [0, 0.1) is 0 Å². The summed E-state index contributed by atoms with van der Waals surface area (Å²) in [4.78, 5) is 8.20. The summed E-state index contributed by atoms with van der Waals surface area (Å²) in [6, 6.07) is 13.7. The predicted molar refractivity (Wildman–Crippen MR) is 157 cm³/mol. The minimum absolute atomic E-state index is 0.274. The Labute approximate surface area is 231 Å². The van der Waals surface area contributed by atoms with Crippen molar-refractivity contribution >= 4 is 24.3 Å². The highest BCUT2D eigenvalue weighted by atomic mass is 32.2. The Kier molecular flexibility index (Phi) is 5.90. The molecule has 3 fully saturated rings. The molecule has 198 valence electrons. The minimum Gasteiger partial charge on any atom is -0.399 e. The molecule has 2 N–H and O–H groups in total.